The number of unbranched alkanes of at least 4 members (excludes halogenated alkanes) is 2. The molecule has 0 aliphatic rings. The highest BCUT2D eigenvalue weighted by atomic mass is 16.4. The van der Waals surface area contributed by atoms with E-state index < -0.39 is 5.97 Å². The minimum Gasteiger partial charge on any atom is -0.481 e. The second-order valence-corrected chi connectivity index (χ2v) is 4.58. The molecule has 0 unspecified atom stereocenters. The van der Waals surface area contributed by atoms with Gasteiger partial charge in [-0.15, -0.1) is 0 Å². The third kappa shape index (κ3) is 6.28. The summed E-state index contributed by atoms with van der Waals surface area (Å²) >= 11 is 0. The first kappa shape index (κ1) is 14.6. The van der Waals surface area contributed by atoms with Gasteiger partial charge in [0, 0.05) is 18.7 Å². The first-order valence-corrected chi connectivity index (χ1v) is 6.77. The van der Waals surface area contributed by atoms with Crippen LogP contribution in [0.3, 0.4) is 0 Å². The number of hydrogen-bond acceptors (Lipinski definition) is 2. The van der Waals surface area contributed by atoms with E-state index in [1.807, 2.05) is 0 Å². The van der Waals surface area contributed by atoms with Crippen molar-refractivity contribution < 1.29 is 9.90 Å². The number of benzene rings is 1. The van der Waals surface area contributed by atoms with Crippen LogP contribution in [0.15, 0.2) is 24.3 Å². The van der Waals surface area contributed by atoms with E-state index >= 15 is 0 Å². The number of hydrogen-bond donors (Lipinski definition) is 2. The summed E-state index contributed by atoms with van der Waals surface area (Å²) in [4.78, 5) is 10.3. The van der Waals surface area contributed by atoms with Crippen LogP contribution in [-0.2, 0) is 11.2 Å². The van der Waals surface area contributed by atoms with Gasteiger partial charge in [0.25, 0.3) is 0 Å². The van der Waals surface area contributed by atoms with Gasteiger partial charge in [-0.25, -0.2) is 0 Å². The summed E-state index contributed by atoms with van der Waals surface area (Å²) in [6.45, 7) is 3.09. The van der Waals surface area contributed by atoms with Crippen molar-refractivity contribution in [2.45, 2.75) is 45.4 Å². The average molecular weight is 249 g/mol. The molecule has 0 amide bonds. The summed E-state index contributed by atoms with van der Waals surface area (Å²) in [7, 11) is 0. The smallest absolute Gasteiger partial charge is 0.303 e. The van der Waals surface area contributed by atoms with Gasteiger partial charge in [0.15, 0.2) is 0 Å². The molecule has 1 aromatic carbocycles. The molecule has 0 spiro atoms. The molecule has 0 radical (unpaired) electrons. The van der Waals surface area contributed by atoms with Crippen molar-refractivity contribution in [3.8, 4) is 0 Å². The number of anilines is 1. The molecular formula is C15H23NO2. The summed E-state index contributed by atoms with van der Waals surface area (Å²) in [6, 6.07) is 8.55. The fourth-order valence-corrected chi connectivity index (χ4v) is 1.89. The van der Waals surface area contributed by atoms with E-state index in [1.54, 1.807) is 0 Å². The predicted molar refractivity (Wildman–Crippen MR) is 75.0 cm³/mol. The lowest BCUT2D eigenvalue weighted by Gasteiger charge is -2.07. The molecule has 18 heavy (non-hydrogen) atoms. The number of carboxylic acids is 1. The Morgan fingerprint density at radius 3 is 2.50 bits per heavy atom. The minimum atomic E-state index is -0.700. The van der Waals surface area contributed by atoms with Gasteiger partial charge in [-0.1, -0.05) is 31.9 Å². The van der Waals surface area contributed by atoms with Crippen molar-refractivity contribution in [1.29, 1.82) is 0 Å². The molecule has 0 saturated carbocycles. The second-order valence-electron chi connectivity index (χ2n) is 4.58. The maximum absolute atomic E-state index is 10.3. The molecule has 0 bridgehead atoms. The summed E-state index contributed by atoms with van der Waals surface area (Å²) in [5.74, 6) is -0.700. The van der Waals surface area contributed by atoms with Crippen molar-refractivity contribution in [2.75, 3.05) is 11.9 Å². The Morgan fingerprint density at radius 1 is 1.17 bits per heavy atom. The second kappa shape index (κ2) is 8.56. The van der Waals surface area contributed by atoms with Crippen LogP contribution in [0, 0.1) is 0 Å². The number of aryl methyl sites for hydroxylation is 1. The molecule has 2 N–H and O–H groups in total. The van der Waals surface area contributed by atoms with E-state index in [9.17, 15) is 4.79 Å². The van der Waals surface area contributed by atoms with Crippen LogP contribution >= 0.6 is 0 Å². The Labute approximate surface area is 109 Å². The quantitative estimate of drug-likeness (QED) is 0.656. The molecule has 0 atom stereocenters. The van der Waals surface area contributed by atoms with Gasteiger partial charge < -0.3 is 10.4 Å². The largest absolute Gasteiger partial charge is 0.481 e. The van der Waals surface area contributed by atoms with Gasteiger partial charge in [0.1, 0.15) is 0 Å². The molecule has 0 aliphatic heterocycles. The molecule has 1 rings (SSSR count). The van der Waals surface area contributed by atoms with Gasteiger partial charge in [-0.3, -0.25) is 4.79 Å². The zero-order chi connectivity index (χ0) is 13.2. The SMILES string of the molecule is CCCc1ccc(NCCCCCC(=O)O)cc1. The number of nitrogens with one attached hydrogen (secondary N) is 1. The van der Waals surface area contributed by atoms with Gasteiger partial charge in [0.05, 0.1) is 0 Å². The Morgan fingerprint density at radius 2 is 1.89 bits per heavy atom. The summed E-state index contributed by atoms with van der Waals surface area (Å²) in [5.41, 5.74) is 2.53. The normalized spacial score (nSPS) is 10.3. The number of aliphatic carboxylic acids is 1. The van der Waals surface area contributed by atoms with E-state index in [0.717, 1.165) is 37.9 Å². The van der Waals surface area contributed by atoms with Crippen LogP contribution in [0.4, 0.5) is 5.69 Å². The first-order valence-electron chi connectivity index (χ1n) is 6.77. The molecule has 0 fully saturated rings. The molecule has 3 nitrogen and oxygen atoms in total. The van der Waals surface area contributed by atoms with Crippen LogP contribution in [0.2, 0.25) is 0 Å². The summed E-state index contributed by atoms with van der Waals surface area (Å²) < 4.78 is 0. The van der Waals surface area contributed by atoms with Crippen molar-refractivity contribution in [2.24, 2.45) is 0 Å². The molecule has 0 aliphatic carbocycles. The lowest BCUT2D eigenvalue weighted by molar-refractivity contribution is -0.137. The highest BCUT2D eigenvalue weighted by molar-refractivity contribution is 5.66. The summed E-state index contributed by atoms with van der Waals surface area (Å²) in [5, 5.41) is 11.9. The molecule has 3 heteroatoms. The zero-order valence-corrected chi connectivity index (χ0v) is 11.1. The Kier molecular flexibility index (Phi) is 6.92. The average Bonchev–Trinajstić information content (AvgIpc) is 2.35. The van der Waals surface area contributed by atoms with Crippen LogP contribution in [-0.4, -0.2) is 17.6 Å². The van der Waals surface area contributed by atoms with Crippen LogP contribution in [0.1, 0.15) is 44.6 Å². The standard InChI is InChI=1S/C15H23NO2/c1-2-6-13-8-10-14(11-9-13)16-12-5-3-4-7-15(17)18/h8-11,16H,2-7,12H2,1H3,(H,17,18). The lowest BCUT2D eigenvalue weighted by atomic mass is 10.1. The number of rotatable bonds is 9. The minimum absolute atomic E-state index is 0.283. The first-order chi connectivity index (χ1) is 8.72. The molecule has 1 aromatic rings. The Bertz CT molecular complexity index is 346. The third-order valence-electron chi connectivity index (χ3n) is 2.89. The molecule has 0 saturated heterocycles. The molecule has 0 aromatic heterocycles. The van der Waals surface area contributed by atoms with Crippen molar-refractivity contribution >= 4 is 11.7 Å². The van der Waals surface area contributed by atoms with Gasteiger partial charge in [0.2, 0.25) is 0 Å². The lowest BCUT2D eigenvalue weighted by Crippen LogP contribution is -2.02. The van der Waals surface area contributed by atoms with E-state index in [-0.39, 0.29) is 6.42 Å². The third-order valence-corrected chi connectivity index (χ3v) is 2.89. The molecular weight excluding hydrogens is 226 g/mol. The topological polar surface area (TPSA) is 49.3 Å². The van der Waals surface area contributed by atoms with E-state index in [2.05, 4.69) is 36.5 Å². The summed E-state index contributed by atoms with van der Waals surface area (Å²) in [6.07, 6.45) is 5.35. The zero-order valence-electron chi connectivity index (χ0n) is 11.1. The molecule has 0 heterocycles. The van der Waals surface area contributed by atoms with Crippen molar-refractivity contribution in [1.82, 2.24) is 0 Å². The van der Waals surface area contributed by atoms with E-state index in [0.29, 0.717) is 0 Å². The number of carbonyl (C=O) groups is 1. The maximum atomic E-state index is 10.3. The Hall–Kier alpha value is -1.51. The van der Waals surface area contributed by atoms with Crippen molar-refractivity contribution in [3.63, 3.8) is 0 Å². The highest BCUT2D eigenvalue weighted by Gasteiger charge is 1.97. The van der Waals surface area contributed by atoms with Gasteiger partial charge in [-0.05, 0) is 37.0 Å². The van der Waals surface area contributed by atoms with Gasteiger partial charge in [-0.2, -0.15) is 0 Å². The van der Waals surface area contributed by atoms with Gasteiger partial charge >= 0.3 is 5.97 Å². The fraction of sp³-hybridized carbons (Fsp3) is 0.533. The monoisotopic (exact) mass is 249 g/mol. The fourth-order valence-electron chi connectivity index (χ4n) is 1.89. The van der Waals surface area contributed by atoms with Crippen LogP contribution < -0.4 is 5.32 Å². The highest BCUT2D eigenvalue weighted by Crippen LogP contribution is 2.11. The number of carboxylic acid groups (broad SMARTS) is 1. The van der Waals surface area contributed by atoms with E-state index in [4.69, 9.17) is 5.11 Å². The van der Waals surface area contributed by atoms with Crippen molar-refractivity contribution in [3.05, 3.63) is 29.8 Å². The predicted octanol–water partition coefficient (Wildman–Crippen LogP) is 3.70. The maximum Gasteiger partial charge on any atom is 0.303 e. The van der Waals surface area contributed by atoms with Crippen LogP contribution in [0.25, 0.3) is 0 Å². The van der Waals surface area contributed by atoms with Crippen LogP contribution in [0.5, 0.6) is 0 Å². The van der Waals surface area contributed by atoms with E-state index in [1.165, 1.54) is 12.0 Å². The molecule has 100 valence electrons. The Balaban J connectivity index is 2.13.